The fraction of sp³-hybridized carbons (Fsp3) is 0.500. The van der Waals surface area contributed by atoms with Gasteiger partial charge in [-0.05, 0) is 24.6 Å². The van der Waals surface area contributed by atoms with E-state index in [1.165, 1.54) is 40.9 Å². The van der Waals surface area contributed by atoms with Crippen molar-refractivity contribution in [3.05, 3.63) is 50.5 Å². The minimum Gasteiger partial charge on any atom is -0.456 e. The Labute approximate surface area is 227 Å². The molecular formula is C24H28N6O6S2. The third kappa shape index (κ3) is 5.12. The first-order chi connectivity index (χ1) is 18.2. The summed E-state index contributed by atoms with van der Waals surface area (Å²) in [5.74, 6) is -0.0539. The molecule has 0 aliphatic carbocycles. The van der Waals surface area contributed by atoms with Gasteiger partial charge in [-0.1, -0.05) is 18.7 Å². The van der Waals surface area contributed by atoms with E-state index in [4.69, 9.17) is 4.74 Å². The number of carbonyl (C=O) groups is 2. The van der Waals surface area contributed by atoms with E-state index >= 15 is 0 Å². The van der Waals surface area contributed by atoms with Crippen LogP contribution >= 0.6 is 23.5 Å². The van der Waals surface area contributed by atoms with Crippen molar-refractivity contribution in [2.45, 2.75) is 37.9 Å². The van der Waals surface area contributed by atoms with Gasteiger partial charge in [0.25, 0.3) is 5.69 Å². The lowest BCUT2D eigenvalue weighted by molar-refractivity contribution is -0.384. The molecule has 4 aliphatic heterocycles. The van der Waals surface area contributed by atoms with Crippen LogP contribution in [0, 0.1) is 22.0 Å². The molecule has 0 radical (unpaired) electrons. The van der Waals surface area contributed by atoms with Crippen LogP contribution in [0.5, 0.6) is 0 Å². The van der Waals surface area contributed by atoms with Crippen LogP contribution in [-0.2, 0) is 20.9 Å². The first kappa shape index (κ1) is 26.5. The summed E-state index contributed by atoms with van der Waals surface area (Å²) in [6.07, 6.45) is -0.834. The molecule has 0 bridgehead atoms. The van der Waals surface area contributed by atoms with E-state index in [9.17, 15) is 24.8 Å². The Hall–Kier alpha value is -3.10. The molecule has 12 nitrogen and oxygen atoms in total. The molecule has 38 heavy (non-hydrogen) atoms. The van der Waals surface area contributed by atoms with Crippen LogP contribution in [-0.4, -0.2) is 80.7 Å². The molecule has 1 amide bonds. The second kappa shape index (κ2) is 10.9. The summed E-state index contributed by atoms with van der Waals surface area (Å²) in [5, 5.41) is 28.4. The number of esters is 1. The van der Waals surface area contributed by atoms with Gasteiger partial charge in [-0.25, -0.2) is 4.79 Å². The summed E-state index contributed by atoms with van der Waals surface area (Å²) in [6, 6.07) is 5.44. The van der Waals surface area contributed by atoms with E-state index in [2.05, 4.69) is 20.6 Å². The number of amides is 1. The van der Waals surface area contributed by atoms with Gasteiger partial charge in [-0.3, -0.25) is 24.9 Å². The summed E-state index contributed by atoms with van der Waals surface area (Å²) >= 11 is 3.15. The Bertz CT molecular complexity index is 1230. The van der Waals surface area contributed by atoms with E-state index in [1.807, 2.05) is 6.92 Å². The lowest BCUT2D eigenvalue weighted by atomic mass is 9.79. The predicted octanol–water partition coefficient (Wildman–Crippen LogP) is 1.46. The van der Waals surface area contributed by atoms with Crippen molar-refractivity contribution in [1.82, 2.24) is 15.5 Å². The van der Waals surface area contributed by atoms with Crippen LogP contribution in [0.2, 0.25) is 0 Å². The van der Waals surface area contributed by atoms with Gasteiger partial charge in [-0.2, -0.15) is 0 Å². The maximum atomic E-state index is 13.3. The number of hydrogen-bond acceptors (Lipinski definition) is 12. The number of aliphatic hydroxyl groups is 1. The molecule has 3 N–H and O–H groups in total. The maximum absolute atomic E-state index is 13.3. The highest BCUT2D eigenvalue weighted by Crippen LogP contribution is 2.51. The monoisotopic (exact) mass is 560 g/mol. The average molecular weight is 561 g/mol. The van der Waals surface area contributed by atoms with Crippen molar-refractivity contribution >= 4 is 52.2 Å². The van der Waals surface area contributed by atoms with Gasteiger partial charge in [0.1, 0.15) is 12.3 Å². The molecule has 5 atom stereocenters. The van der Waals surface area contributed by atoms with Gasteiger partial charge in [0.15, 0.2) is 11.1 Å². The van der Waals surface area contributed by atoms with Gasteiger partial charge >= 0.3 is 5.97 Å². The minimum absolute atomic E-state index is 0.0208. The SMILES string of the molecule is C[C@@H](O)[C@H]1C(=O)N2C(C(=O)OCc3ccc([N+](=O)[O-])cc3)=C(SC3CN=C(NC4=NCCS4)NC3)[C@H](C)[C@H]12. The van der Waals surface area contributed by atoms with Crippen molar-refractivity contribution in [1.29, 1.82) is 0 Å². The number of guanidine groups is 1. The van der Waals surface area contributed by atoms with Crippen LogP contribution in [0.4, 0.5) is 5.69 Å². The molecule has 1 fully saturated rings. The molecule has 1 saturated heterocycles. The number of benzene rings is 1. The first-order valence-corrected chi connectivity index (χ1v) is 14.2. The summed E-state index contributed by atoms with van der Waals surface area (Å²) in [4.78, 5) is 47.8. The molecule has 4 aliphatic rings. The fourth-order valence-electron chi connectivity index (χ4n) is 4.98. The molecule has 5 rings (SSSR count). The number of nitro benzene ring substituents is 1. The van der Waals surface area contributed by atoms with Crippen LogP contribution in [0.15, 0.2) is 44.9 Å². The molecule has 14 heteroatoms. The lowest BCUT2D eigenvalue weighted by Crippen LogP contribution is -2.63. The smallest absolute Gasteiger partial charge is 0.356 e. The van der Waals surface area contributed by atoms with Gasteiger partial charge in [0.2, 0.25) is 5.91 Å². The quantitative estimate of drug-likeness (QED) is 0.193. The number of aliphatic hydroxyl groups excluding tert-OH is 1. The fourth-order valence-corrected chi connectivity index (χ4v) is 7.03. The average Bonchev–Trinajstić information content (AvgIpc) is 3.48. The highest BCUT2D eigenvalue weighted by Gasteiger charge is 2.60. The maximum Gasteiger partial charge on any atom is 0.356 e. The standard InChI is InChI=1S/C24H28N6O6S2/c1-12-18-17(13(2)31)21(32)29(18)19(22(33)36-11-14-3-5-15(6-4-14)30(34)35)20(12)38-16-9-26-23(27-10-16)28-24-25-7-8-37-24/h3-6,12-13,16-18,31H,7-11H2,1-2H3,(H2,25,26,27,28)/t12-,13-,17-,18-/m1/s1. The number of nitrogens with one attached hydrogen (secondary N) is 2. The predicted molar refractivity (Wildman–Crippen MR) is 144 cm³/mol. The van der Waals surface area contributed by atoms with Crippen LogP contribution in [0.1, 0.15) is 19.4 Å². The second-order valence-electron chi connectivity index (χ2n) is 9.44. The first-order valence-electron chi connectivity index (χ1n) is 12.3. The Balaban J connectivity index is 1.31. The number of ether oxygens (including phenoxy) is 1. The van der Waals surface area contributed by atoms with Crippen LogP contribution in [0.3, 0.4) is 0 Å². The topological polar surface area (TPSA) is 159 Å². The van der Waals surface area contributed by atoms with Crippen molar-refractivity contribution in [3.63, 3.8) is 0 Å². The number of hydrogen-bond donors (Lipinski definition) is 3. The molecular weight excluding hydrogens is 532 g/mol. The molecule has 0 aromatic heterocycles. The zero-order chi connectivity index (χ0) is 27.0. The van der Waals surface area contributed by atoms with Crippen molar-refractivity contribution in [2.75, 3.05) is 25.4 Å². The number of non-ortho nitro benzene ring substituents is 1. The molecule has 1 unspecified atom stereocenters. The van der Waals surface area contributed by atoms with E-state index < -0.39 is 22.9 Å². The van der Waals surface area contributed by atoms with Crippen LogP contribution in [0.25, 0.3) is 0 Å². The third-order valence-electron chi connectivity index (χ3n) is 6.87. The third-order valence-corrected chi connectivity index (χ3v) is 9.23. The Morgan fingerprint density at radius 2 is 2.16 bits per heavy atom. The summed E-state index contributed by atoms with van der Waals surface area (Å²) in [7, 11) is 0. The Morgan fingerprint density at radius 1 is 1.39 bits per heavy atom. The zero-order valence-electron chi connectivity index (χ0n) is 20.8. The van der Waals surface area contributed by atoms with E-state index in [1.54, 1.807) is 18.7 Å². The van der Waals surface area contributed by atoms with Gasteiger partial charge in [0.05, 0.1) is 36.1 Å². The number of aliphatic imine (C=N–C) groups is 2. The number of rotatable bonds is 7. The highest BCUT2D eigenvalue weighted by atomic mass is 32.2. The van der Waals surface area contributed by atoms with E-state index in [-0.39, 0.29) is 41.1 Å². The normalized spacial score (nSPS) is 27.1. The number of fused-ring (bicyclic) bond motifs is 1. The summed E-state index contributed by atoms with van der Waals surface area (Å²) < 4.78 is 5.56. The Morgan fingerprint density at radius 3 is 2.76 bits per heavy atom. The number of thioether (sulfide) groups is 2. The van der Waals surface area contributed by atoms with E-state index in [0.717, 1.165) is 22.4 Å². The van der Waals surface area contributed by atoms with Crippen LogP contribution < -0.4 is 10.6 Å². The lowest BCUT2D eigenvalue weighted by Gasteiger charge is -2.46. The number of β-lactam (4-membered cyclic amide) rings is 1. The number of amidine groups is 1. The van der Waals surface area contributed by atoms with Gasteiger partial charge < -0.3 is 25.4 Å². The highest BCUT2D eigenvalue weighted by molar-refractivity contribution is 8.14. The van der Waals surface area contributed by atoms with Gasteiger partial charge in [-0.15, -0.1) is 11.8 Å². The number of carbonyl (C=O) groups excluding carboxylic acids is 2. The molecule has 0 spiro atoms. The number of nitro groups is 1. The second-order valence-corrected chi connectivity index (χ2v) is 11.9. The largest absolute Gasteiger partial charge is 0.456 e. The molecule has 4 heterocycles. The van der Waals surface area contributed by atoms with Crippen molar-refractivity contribution in [3.8, 4) is 0 Å². The molecule has 0 saturated carbocycles. The van der Waals surface area contributed by atoms with E-state index in [0.29, 0.717) is 24.6 Å². The molecule has 1 aromatic carbocycles. The zero-order valence-corrected chi connectivity index (χ0v) is 22.5. The Kier molecular flexibility index (Phi) is 7.63. The summed E-state index contributed by atoms with van der Waals surface area (Å²) in [5.41, 5.74) is 0.747. The number of nitrogens with zero attached hydrogens (tertiary/aromatic N) is 4. The summed E-state index contributed by atoms with van der Waals surface area (Å²) in [6.45, 7) is 5.36. The minimum atomic E-state index is -0.834. The molecule has 202 valence electrons. The van der Waals surface area contributed by atoms with Gasteiger partial charge in [0, 0.05) is 40.5 Å². The molecule has 1 aromatic rings. The van der Waals surface area contributed by atoms with Crippen molar-refractivity contribution < 1.29 is 24.4 Å². The van der Waals surface area contributed by atoms with Crippen molar-refractivity contribution in [2.24, 2.45) is 21.8 Å².